The summed E-state index contributed by atoms with van der Waals surface area (Å²) in [6, 6.07) is 0.592. The fourth-order valence-electron chi connectivity index (χ4n) is 2.12. The third-order valence-electron chi connectivity index (χ3n) is 3.28. The van der Waals surface area contributed by atoms with E-state index < -0.39 is 0 Å². The molecule has 1 aromatic heterocycles. The molecule has 1 aromatic rings. The summed E-state index contributed by atoms with van der Waals surface area (Å²) in [7, 11) is 3.79. The van der Waals surface area contributed by atoms with Gasteiger partial charge in [-0.05, 0) is 26.4 Å². The van der Waals surface area contributed by atoms with Crippen molar-refractivity contribution in [2.75, 3.05) is 32.6 Å². The normalized spacial score (nSPS) is 21.2. The van der Waals surface area contributed by atoms with Crippen LogP contribution in [0, 0.1) is 0 Å². The molecule has 5 heteroatoms. The Labute approximate surface area is 102 Å². The lowest BCUT2D eigenvalue weighted by molar-refractivity contribution is 0.194. The number of likely N-dealkylation sites (N-methyl/N-ethyl adjacent to an activating group) is 1. The molecule has 0 amide bonds. The Kier molecular flexibility index (Phi) is 4.14. The van der Waals surface area contributed by atoms with Gasteiger partial charge < -0.3 is 15.0 Å². The van der Waals surface area contributed by atoms with Gasteiger partial charge in [0.1, 0.15) is 0 Å². The summed E-state index contributed by atoms with van der Waals surface area (Å²) in [5.74, 6) is 1.36. The Morgan fingerprint density at radius 3 is 2.82 bits per heavy atom. The van der Waals surface area contributed by atoms with Crippen molar-refractivity contribution in [3.8, 4) is 5.75 Å². The fourth-order valence-corrected chi connectivity index (χ4v) is 2.12. The summed E-state index contributed by atoms with van der Waals surface area (Å²) in [4.78, 5) is 10.8. The number of nitrogens with one attached hydrogen (secondary N) is 1. The first-order valence-corrected chi connectivity index (χ1v) is 6.10. The highest BCUT2D eigenvalue weighted by atomic mass is 16.5. The van der Waals surface area contributed by atoms with Gasteiger partial charge in [-0.1, -0.05) is 6.42 Å². The molecule has 0 spiro atoms. The molecular formula is C12H20N4O. The van der Waals surface area contributed by atoms with Crippen molar-refractivity contribution in [3.63, 3.8) is 0 Å². The second-order valence-corrected chi connectivity index (χ2v) is 4.46. The summed E-state index contributed by atoms with van der Waals surface area (Å²) < 4.78 is 5.02. The Morgan fingerprint density at radius 2 is 2.18 bits per heavy atom. The molecule has 1 aliphatic heterocycles. The van der Waals surface area contributed by atoms with Crippen molar-refractivity contribution in [1.29, 1.82) is 0 Å². The molecule has 5 nitrogen and oxygen atoms in total. The average Bonchev–Trinajstić information content (AvgIpc) is 2.38. The van der Waals surface area contributed by atoms with Crippen LogP contribution in [0.3, 0.4) is 0 Å². The van der Waals surface area contributed by atoms with Gasteiger partial charge in [-0.3, -0.25) is 0 Å². The number of ether oxygens (including phenoxy) is 1. The SMILES string of the molecule is COc1cnc(NCC2CCCCN2C)nc1. The van der Waals surface area contributed by atoms with Crippen molar-refractivity contribution >= 4 is 5.95 Å². The van der Waals surface area contributed by atoms with E-state index in [1.807, 2.05) is 0 Å². The van der Waals surface area contributed by atoms with E-state index in [0.29, 0.717) is 17.7 Å². The van der Waals surface area contributed by atoms with Crippen LogP contribution in [-0.2, 0) is 0 Å². The summed E-state index contributed by atoms with van der Waals surface area (Å²) in [5.41, 5.74) is 0. The van der Waals surface area contributed by atoms with Crippen LogP contribution in [-0.4, -0.2) is 48.2 Å². The van der Waals surface area contributed by atoms with Crippen LogP contribution >= 0.6 is 0 Å². The largest absolute Gasteiger partial charge is 0.494 e. The number of piperidine rings is 1. The number of rotatable bonds is 4. The van der Waals surface area contributed by atoms with Crippen LogP contribution in [0.15, 0.2) is 12.4 Å². The Balaban J connectivity index is 1.84. The number of aromatic nitrogens is 2. The van der Waals surface area contributed by atoms with Gasteiger partial charge >= 0.3 is 0 Å². The van der Waals surface area contributed by atoms with Crippen LogP contribution < -0.4 is 10.1 Å². The molecule has 17 heavy (non-hydrogen) atoms. The van der Waals surface area contributed by atoms with Gasteiger partial charge in [-0.2, -0.15) is 0 Å². The first-order chi connectivity index (χ1) is 8.29. The minimum atomic E-state index is 0.592. The summed E-state index contributed by atoms with van der Waals surface area (Å²) in [5, 5.41) is 3.28. The zero-order valence-corrected chi connectivity index (χ0v) is 10.5. The predicted octanol–water partition coefficient (Wildman–Crippen LogP) is 1.38. The highest BCUT2D eigenvalue weighted by Crippen LogP contribution is 2.15. The number of methoxy groups -OCH3 is 1. The van der Waals surface area contributed by atoms with E-state index in [4.69, 9.17) is 4.74 Å². The first-order valence-electron chi connectivity index (χ1n) is 6.10. The summed E-state index contributed by atoms with van der Waals surface area (Å²) in [6.07, 6.45) is 7.24. The van der Waals surface area contributed by atoms with Crippen molar-refractivity contribution in [2.24, 2.45) is 0 Å². The van der Waals surface area contributed by atoms with E-state index in [2.05, 4.69) is 27.2 Å². The third kappa shape index (κ3) is 3.30. The van der Waals surface area contributed by atoms with Crippen molar-refractivity contribution in [3.05, 3.63) is 12.4 Å². The van der Waals surface area contributed by atoms with Crippen molar-refractivity contribution < 1.29 is 4.74 Å². The molecule has 1 aliphatic rings. The minimum absolute atomic E-state index is 0.592. The Morgan fingerprint density at radius 1 is 1.41 bits per heavy atom. The van der Waals surface area contributed by atoms with Crippen LogP contribution in [0.4, 0.5) is 5.95 Å². The Bertz CT molecular complexity index is 341. The molecule has 1 fully saturated rings. The maximum absolute atomic E-state index is 5.02. The van der Waals surface area contributed by atoms with Gasteiger partial charge in [-0.15, -0.1) is 0 Å². The topological polar surface area (TPSA) is 50.3 Å². The van der Waals surface area contributed by atoms with E-state index in [-0.39, 0.29) is 0 Å². The molecule has 94 valence electrons. The molecule has 0 radical (unpaired) electrons. The smallest absolute Gasteiger partial charge is 0.222 e. The van der Waals surface area contributed by atoms with Gasteiger partial charge in [0.2, 0.25) is 5.95 Å². The summed E-state index contributed by atoms with van der Waals surface area (Å²) >= 11 is 0. The zero-order valence-electron chi connectivity index (χ0n) is 10.5. The molecule has 1 saturated heterocycles. The van der Waals surface area contributed by atoms with Gasteiger partial charge in [0.15, 0.2) is 5.75 Å². The maximum atomic E-state index is 5.02. The number of anilines is 1. The van der Waals surface area contributed by atoms with Gasteiger partial charge in [-0.25, -0.2) is 9.97 Å². The molecule has 0 aliphatic carbocycles. The quantitative estimate of drug-likeness (QED) is 0.856. The van der Waals surface area contributed by atoms with Crippen LogP contribution in [0.1, 0.15) is 19.3 Å². The van der Waals surface area contributed by atoms with E-state index in [9.17, 15) is 0 Å². The van der Waals surface area contributed by atoms with Crippen LogP contribution in [0.25, 0.3) is 0 Å². The predicted molar refractivity (Wildman–Crippen MR) is 67.3 cm³/mol. The van der Waals surface area contributed by atoms with E-state index >= 15 is 0 Å². The van der Waals surface area contributed by atoms with Gasteiger partial charge in [0.25, 0.3) is 0 Å². The molecular weight excluding hydrogens is 216 g/mol. The molecule has 1 N–H and O–H groups in total. The fraction of sp³-hybridized carbons (Fsp3) is 0.667. The summed E-state index contributed by atoms with van der Waals surface area (Å²) in [6.45, 7) is 2.10. The first kappa shape index (κ1) is 12.1. The highest BCUT2D eigenvalue weighted by Gasteiger charge is 2.18. The molecule has 0 bridgehead atoms. The van der Waals surface area contributed by atoms with Gasteiger partial charge in [0.05, 0.1) is 19.5 Å². The Hall–Kier alpha value is -1.36. The lowest BCUT2D eigenvalue weighted by Crippen LogP contribution is -2.40. The molecule has 1 atom stereocenters. The lowest BCUT2D eigenvalue weighted by atomic mass is 10.0. The van der Waals surface area contributed by atoms with Crippen LogP contribution in [0.5, 0.6) is 5.75 Å². The highest BCUT2D eigenvalue weighted by molar-refractivity contribution is 5.27. The number of hydrogen-bond acceptors (Lipinski definition) is 5. The molecule has 2 heterocycles. The van der Waals surface area contributed by atoms with Gasteiger partial charge in [0, 0.05) is 12.6 Å². The zero-order chi connectivity index (χ0) is 12.1. The maximum Gasteiger partial charge on any atom is 0.222 e. The number of likely N-dealkylation sites (tertiary alicyclic amines) is 1. The monoisotopic (exact) mass is 236 g/mol. The average molecular weight is 236 g/mol. The second-order valence-electron chi connectivity index (χ2n) is 4.46. The van der Waals surface area contributed by atoms with Crippen molar-refractivity contribution in [2.45, 2.75) is 25.3 Å². The third-order valence-corrected chi connectivity index (χ3v) is 3.28. The van der Waals surface area contributed by atoms with E-state index in [0.717, 1.165) is 6.54 Å². The van der Waals surface area contributed by atoms with E-state index in [1.165, 1.54) is 25.8 Å². The second kappa shape index (κ2) is 5.82. The molecule has 1 unspecified atom stereocenters. The number of hydrogen-bond donors (Lipinski definition) is 1. The lowest BCUT2D eigenvalue weighted by Gasteiger charge is -2.32. The standard InChI is InChI=1S/C12H20N4O/c1-16-6-4-3-5-10(16)7-13-12-14-8-11(17-2)9-15-12/h8-10H,3-7H2,1-2H3,(H,13,14,15). The van der Waals surface area contributed by atoms with Crippen molar-refractivity contribution in [1.82, 2.24) is 14.9 Å². The molecule has 0 saturated carbocycles. The van der Waals surface area contributed by atoms with E-state index in [1.54, 1.807) is 19.5 Å². The van der Waals surface area contributed by atoms with Crippen LogP contribution in [0.2, 0.25) is 0 Å². The molecule has 0 aromatic carbocycles. The number of nitrogens with zero attached hydrogens (tertiary/aromatic N) is 3. The minimum Gasteiger partial charge on any atom is -0.494 e. The molecule has 2 rings (SSSR count).